The van der Waals surface area contributed by atoms with E-state index in [-0.39, 0.29) is 5.75 Å². The Labute approximate surface area is 87.8 Å². The van der Waals surface area contributed by atoms with E-state index in [4.69, 9.17) is 5.73 Å². The number of thioether (sulfide) groups is 1. The van der Waals surface area contributed by atoms with E-state index in [0.29, 0.717) is 11.4 Å². The molecule has 0 saturated heterocycles. The van der Waals surface area contributed by atoms with E-state index in [9.17, 15) is 8.42 Å². The maximum atomic E-state index is 10.8. The largest absolute Gasteiger partial charge is 0.397 e. The fourth-order valence-corrected chi connectivity index (χ4v) is 2.82. The molecule has 0 amide bonds. The maximum Gasteiger partial charge on any atom is 0.148 e. The Morgan fingerprint density at radius 1 is 1.50 bits per heavy atom. The molecule has 0 atom stereocenters. The minimum atomic E-state index is -2.88. The summed E-state index contributed by atoms with van der Waals surface area (Å²) >= 11 is 1.41. The van der Waals surface area contributed by atoms with Crippen LogP contribution in [-0.4, -0.2) is 31.2 Å². The van der Waals surface area contributed by atoms with E-state index in [1.807, 2.05) is 0 Å². The first-order valence-electron chi connectivity index (χ1n) is 3.99. The van der Waals surface area contributed by atoms with Crippen molar-refractivity contribution in [3.63, 3.8) is 0 Å². The summed E-state index contributed by atoms with van der Waals surface area (Å²) < 4.78 is 21.6. The van der Waals surface area contributed by atoms with Gasteiger partial charge in [-0.25, -0.2) is 13.4 Å². The van der Waals surface area contributed by atoms with Crippen molar-refractivity contribution < 1.29 is 8.42 Å². The van der Waals surface area contributed by atoms with Gasteiger partial charge in [-0.1, -0.05) is 0 Å². The Balaban J connectivity index is 2.43. The molecule has 1 heterocycles. The summed E-state index contributed by atoms with van der Waals surface area (Å²) in [6.07, 6.45) is 2.78. The Morgan fingerprint density at radius 3 is 2.71 bits per heavy atom. The number of nitrogens with two attached hydrogens (primary N) is 1. The summed E-state index contributed by atoms with van der Waals surface area (Å²) in [5.74, 6) is 0.694. The molecule has 0 aliphatic carbocycles. The number of nitrogen functional groups attached to an aromatic ring is 1. The van der Waals surface area contributed by atoms with E-state index in [1.54, 1.807) is 18.3 Å². The summed E-state index contributed by atoms with van der Waals surface area (Å²) in [6, 6.07) is 3.53. The smallest absolute Gasteiger partial charge is 0.148 e. The Bertz CT molecular complexity index is 386. The van der Waals surface area contributed by atoms with Gasteiger partial charge in [-0.2, -0.15) is 0 Å². The fraction of sp³-hybridized carbons (Fsp3) is 0.375. The lowest BCUT2D eigenvalue weighted by molar-refractivity contribution is 0.603. The third-order valence-corrected chi connectivity index (χ3v) is 3.61. The van der Waals surface area contributed by atoms with Gasteiger partial charge in [0.05, 0.1) is 22.7 Å². The van der Waals surface area contributed by atoms with E-state index in [0.717, 1.165) is 5.03 Å². The van der Waals surface area contributed by atoms with Crippen molar-refractivity contribution in [2.75, 3.05) is 23.5 Å². The van der Waals surface area contributed by atoms with Crippen LogP contribution in [0.2, 0.25) is 0 Å². The van der Waals surface area contributed by atoms with Gasteiger partial charge >= 0.3 is 0 Å². The van der Waals surface area contributed by atoms with Crippen LogP contribution in [-0.2, 0) is 9.84 Å². The topological polar surface area (TPSA) is 73.0 Å². The summed E-state index contributed by atoms with van der Waals surface area (Å²) in [5.41, 5.74) is 6.07. The summed E-state index contributed by atoms with van der Waals surface area (Å²) in [5, 5.41) is 0.794. The predicted octanol–water partition coefficient (Wildman–Crippen LogP) is 0.801. The standard InChI is InChI=1S/C8H12N2O2S2/c1-14(11,12)5-4-13-8-3-2-7(9)6-10-8/h2-3,6H,4-5,9H2,1H3. The third-order valence-electron chi connectivity index (χ3n) is 1.46. The highest BCUT2D eigenvalue weighted by Crippen LogP contribution is 2.15. The minimum Gasteiger partial charge on any atom is -0.397 e. The van der Waals surface area contributed by atoms with Crippen molar-refractivity contribution >= 4 is 27.3 Å². The van der Waals surface area contributed by atoms with Crippen molar-refractivity contribution in [2.24, 2.45) is 0 Å². The molecule has 0 spiro atoms. The number of hydrogen-bond acceptors (Lipinski definition) is 5. The Morgan fingerprint density at radius 2 is 2.21 bits per heavy atom. The first-order chi connectivity index (χ1) is 6.47. The van der Waals surface area contributed by atoms with Crippen LogP contribution in [0.3, 0.4) is 0 Å². The number of hydrogen-bond donors (Lipinski definition) is 1. The molecule has 0 fully saturated rings. The molecule has 4 nitrogen and oxygen atoms in total. The SMILES string of the molecule is CS(=O)(=O)CCSc1ccc(N)cn1. The van der Waals surface area contributed by atoms with Crippen molar-refractivity contribution in [3.05, 3.63) is 18.3 Å². The lowest BCUT2D eigenvalue weighted by Crippen LogP contribution is -2.05. The molecule has 1 aromatic rings. The summed E-state index contributed by atoms with van der Waals surface area (Å²) in [4.78, 5) is 4.04. The van der Waals surface area contributed by atoms with Gasteiger partial charge in [0.1, 0.15) is 9.84 Å². The van der Waals surface area contributed by atoms with Crippen LogP contribution in [0, 0.1) is 0 Å². The highest BCUT2D eigenvalue weighted by molar-refractivity contribution is 8.00. The van der Waals surface area contributed by atoms with Gasteiger partial charge in [-0.15, -0.1) is 11.8 Å². The van der Waals surface area contributed by atoms with Crippen molar-refractivity contribution in [1.82, 2.24) is 4.98 Å². The van der Waals surface area contributed by atoms with Crippen LogP contribution < -0.4 is 5.73 Å². The van der Waals surface area contributed by atoms with Gasteiger partial charge in [0.15, 0.2) is 0 Å². The monoisotopic (exact) mass is 232 g/mol. The van der Waals surface area contributed by atoms with Gasteiger partial charge in [-0.05, 0) is 12.1 Å². The molecular formula is C8H12N2O2S2. The quantitative estimate of drug-likeness (QED) is 0.777. The highest BCUT2D eigenvalue weighted by atomic mass is 32.2. The molecular weight excluding hydrogens is 220 g/mol. The fourth-order valence-electron chi connectivity index (χ4n) is 0.775. The average molecular weight is 232 g/mol. The first-order valence-corrected chi connectivity index (χ1v) is 7.04. The lowest BCUT2D eigenvalue weighted by Gasteiger charge is -1.99. The zero-order chi connectivity index (χ0) is 10.6. The molecule has 6 heteroatoms. The number of nitrogens with zero attached hydrogens (tertiary/aromatic N) is 1. The van der Waals surface area contributed by atoms with Crippen molar-refractivity contribution in [1.29, 1.82) is 0 Å². The van der Waals surface area contributed by atoms with Gasteiger partial charge in [-0.3, -0.25) is 0 Å². The van der Waals surface area contributed by atoms with Crippen LogP contribution in [0.1, 0.15) is 0 Å². The molecule has 0 saturated carbocycles. The average Bonchev–Trinajstić information content (AvgIpc) is 2.06. The number of sulfone groups is 1. The van der Waals surface area contributed by atoms with Gasteiger partial charge < -0.3 is 5.73 Å². The molecule has 0 bridgehead atoms. The number of anilines is 1. The van der Waals surface area contributed by atoms with E-state index < -0.39 is 9.84 Å². The zero-order valence-electron chi connectivity index (χ0n) is 7.80. The molecule has 0 radical (unpaired) electrons. The molecule has 0 aliphatic rings. The number of aromatic nitrogens is 1. The molecule has 0 aliphatic heterocycles. The molecule has 14 heavy (non-hydrogen) atoms. The second-order valence-corrected chi connectivity index (χ2v) is 6.28. The maximum absolute atomic E-state index is 10.8. The molecule has 0 unspecified atom stereocenters. The third kappa shape index (κ3) is 4.48. The van der Waals surface area contributed by atoms with Gasteiger partial charge in [0.2, 0.25) is 0 Å². The predicted molar refractivity (Wildman–Crippen MR) is 59.1 cm³/mol. The number of rotatable bonds is 4. The summed E-state index contributed by atoms with van der Waals surface area (Å²) in [7, 11) is -2.88. The van der Waals surface area contributed by atoms with Crippen LogP contribution in [0.25, 0.3) is 0 Å². The second kappa shape index (κ2) is 4.65. The molecule has 0 aromatic carbocycles. The van der Waals surface area contributed by atoms with E-state index in [1.165, 1.54) is 18.0 Å². The van der Waals surface area contributed by atoms with Crippen LogP contribution in [0.4, 0.5) is 5.69 Å². The molecule has 1 aromatic heterocycles. The first kappa shape index (κ1) is 11.3. The molecule has 1 rings (SSSR count). The number of pyridine rings is 1. The highest BCUT2D eigenvalue weighted by Gasteiger charge is 2.02. The zero-order valence-corrected chi connectivity index (χ0v) is 9.44. The Hall–Kier alpha value is -0.750. The molecule has 2 N–H and O–H groups in total. The molecule has 78 valence electrons. The van der Waals surface area contributed by atoms with Gasteiger partial charge in [0.25, 0.3) is 0 Å². The van der Waals surface area contributed by atoms with Crippen LogP contribution >= 0.6 is 11.8 Å². The normalized spacial score (nSPS) is 11.5. The Kier molecular flexibility index (Phi) is 3.77. The lowest BCUT2D eigenvalue weighted by atomic mass is 10.4. The summed E-state index contributed by atoms with van der Waals surface area (Å²) in [6.45, 7) is 0. The van der Waals surface area contributed by atoms with E-state index >= 15 is 0 Å². The second-order valence-electron chi connectivity index (χ2n) is 2.91. The van der Waals surface area contributed by atoms with Crippen LogP contribution in [0.5, 0.6) is 0 Å². The van der Waals surface area contributed by atoms with E-state index in [2.05, 4.69) is 4.98 Å². The minimum absolute atomic E-state index is 0.170. The van der Waals surface area contributed by atoms with Crippen molar-refractivity contribution in [2.45, 2.75) is 5.03 Å². The van der Waals surface area contributed by atoms with Gasteiger partial charge in [0, 0.05) is 12.0 Å². The van der Waals surface area contributed by atoms with Crippen LogP contribution in [0.15, 0.2) is 23.4 Å². The van der Waals surface area contributed by atoms with Crippen molar-refractivity contribution in [3.8, 4) is 0 Å².